The summed E-state index contributed by atoms with van der Waals surface area (Å²) < 4.78 is 1.83. The molecule has 0 aliphatic carbocycles. The van der Waals surface area contributed by atoms with Crippen LogP contribution in [0.15, 0.2) is 34.9 Å². The monoisotopic (exact) mass is 237 g/mol. The van der Waals surface area contributed by atoms with Crippen LogP contribution < -0.4 is 4.73 Å². The first-order chi connectivity index (χ1) is 6.18. The molecule has 66 valence electrons. The Labute approximate surface area is 84.5 Å². The smallest absolute Gasteiger partial charge is 0.224 e. The first-order valence-corrected chi connectivity index (χ1v) is 4.76. The van der Waals surface area contributed by atoms with Crippen molar-refractivity contribution in [3.05, 3.63) is 45.7 Å². The van der Waals surface area contributed by atoms with Crippen LogP contribution in [0.4, 0.5) is 0 Å². The van der Waals surface area contributed by atoms with Gasteiger partial charge in [0.1, 0.15) is 0 Å². The number of benzene rings is 1. The van der Waals surface area contributed by atoms with E-state index in [1.807, 2.05) is 25.1 Å². The Morgan fingerprint density at radius 2 is 2.08 bits per heavy atom. The Balaban J connectivity index is 2.92. The minimum atomic E-state index is 0.694. The normalized spacial score (nSPS) is 10.6. The maximum atomic E-state index is 11.3. The third-order valence-electron chi connectivity index (χ3n) is 2.00. The summed E-state index contributed by atoms with van der Waals surface area (Å²) in [6.45, 7) is 2.01. The Morgan fingerprint density at radius 3 is 2.85 bits per heavy atom. The lowest BCUT2D eigenvalue weighted by atomic mass is 10.1. The summed E-state index contributed by atoms with van der Waals surface area (Å²) in [4.78, 5) is 0. The van der Waals surface area contributed by atoms with Gasteiger partial charge < -0.3 is 5.21 Å². The van der Waals surface area contributed by atoms with Gasteiger partial charge in [-0.05, 0) is 28.9 Å². The van der Waals surface area contributed by atoms with Gasteiger partial charge in [0.25, 0.3) is 0 Å². The summed E-state index contributed by atoms with van der Waals surface area (Å²) in [6.07, 6.45) is 1.50. The molecule has 0 saturated heterocycles. The van der Waals surface area contributed by atoms with Crippen molar-refractivity contribution in [1.82, 2.24) is 0 Å². The zero-order chi connectivity index (χ0) is 9.42. The van der Waals surface area contributed by atoms with E-state index in [0.29, 0.717) is 5.52 Å². The minimum absolute atomic E-state index is 0.694. The number of hydrogen-bond donors (Lipinski definition) is 0. The van der Waals surface area contributed by atoms with Crippen molar-refractivity contribution in [2.45, 2.75) is 6.92 Å². The van der Waals surface area contributed by atoms with Crippen LogP contribution in [0.3, 0.4) is 0 Å². The van der Waals surface area contributed by atoms with Crippen molar-refractivity contribution in [3.63, 3.8) is 0 Å². The molecule has 1 aromatic heterocycles. The van der Waals surface area contributed by atoms with E-state index in [1.54, 1.807) is 6.07 Å². The molecule has 0 atom stereocenters. The fraction of sp³-hybridized carbons (Fsp3) is 0.100. The number of aromatic nitrogens is 1. The maximum absolute atomic E-state index is 11.3. The van der Waals surface area contributed by atoms with Gasteiger partial charge in [-0.3, -0.25) is 0 Å². The van der Waals surface area contributed by atoms with Crippen LogP contribution in [-0.4, -0.2) is 0 Å². The van der Waals surface area contributed by atoms with Crippen molar-refractivity contribution in [2.75, 3.05) is 0 Å². The molecule has 0 bridgehead atoms. The van der Waals surface area contributed by atoms with Gasteiger partial charge in [-0.25, -0.2) is 0 Å². The molecule has 0 aliphatic rings. The quantitative estimate of drug-likeness (QED) is 0.511. The number of nitrogens with zero attached hydrogens (tertiary/aromatic N) is 1. The van der Waals surface area contributed by atoms with Crippen LogP contribution in [0, 0.1) is 12.1 Å². The summed E-state index contributed by atoms with van der Waals surface area (Å²) in [5.41, 5.74) is 1.85. The predicted molar refractivity (Wildman–Crippen MR) is 55.3 cm³/mol. The van der Waals surface area contributed by atoms with Crippen molar-refractivity contribution in [2.24, 2.45) is 0 Å². The summed E-state index contributed by atoms with van der Waals surface area (Å²) in [6, 6.07) is 7.52. The first kappa shape index (κ1) is 8.51. The van der Waals surface area contributed by atoms with Crippen LogP contribution in [0.2, 0.25) is 0 Å². The molecule has 13 heavy (non-hydrogen) atoms. The van der Waals surface area contributed by atoms with Gasteiger partial charge in [0, 0.05) is 16.6 Å². The molecule has 0 radical (unpaired) electrons. The largest absolute Gasteiger partial charge is 0.618 e. The van der Waals surface area contributed by atoms with Crippen LogP contribution in [-0.2, 0) is 0 Å². The first-order valence-electron chi connectivity index (χ1n) is 3.96. The average Bonchev–Trinajstić information content (AvgIpc) is 2.12. The number of aryl methyl sites for hydroxylation is 1. The Morgan fingerprint density at radius 1 is 1.31 bits per heavy atom. The fourth-order valence-corrected chi connectivity index (χ4v) is 1.77. The second-order valence-electron chi connectivity index (χ2n) is 3.01. The highest BCUT2D eigenvalue weighted by Crippen LogP contribution is 2.21. The molecule has 1 heterocycles. The molecule has 0 spiro atoms. The van der Waals surface area contributed by atoms with E-state index in [-0.39, 0.29) is 0 Å². The molecule has 0 unspecified atom stereocenters. The molecule has 0 fully saturated rings. The minimum Gasteiger partial charge on any atom is -0.618 e. The Hall–Kier alpha value is -1.09. The molecule has 0 saturated carbocycles. The Kier molecular flexibility index (Phi) is 1.96. The summed E-state index contributed by atoms with van der Waals surface area (Å²) in [7, 11) is 0. The van der Waals surface area contributed by atoms with E-state index < -0.39 is 0 Å². The van der Waals surface area contributed by atoms with E-state index in [0.717, 1.165) is 20.2 Å². The third-order valence-corrected chi connectivity index (χ3v) is 2.69. The van der Waals surface area contributed by atoms with E-state index in [4.69, 9.17) is 0 Å². The molecule has 1 aromatic carbocycles. The van der Waals surface area contributed by atoms with Gasteiger partial charge in [-0.2, -0.15) is 4.73 Å². The lowest BCUT2D eigenvalue weighted by molar-refractivity contribution is -0.577. The number of pyridine rings is 1. The standard InChI is InChI=1S/C10H8BrNO/c1-7-2-3-10-8(6-7)9(11)4-5-12(10)13/h2-6H,1H3. The zero-order valence-electron chi connectivity index (χ0n) is 7.12. The van der Waals surface area contributed by atoms with E-state index in [1.165, 1.54) is 6.20 Å². The Bertz CT molecular complexity index is 468. The molecule has 3 heteroatoms. The second kappa shape index (κ2) is 3.00. The molecule has 0 amide bonds. The summed E-state index contributed by atoms with van der Waals surface area (Å²) >= 11 is 3.41. The van der Waals surface area contributed by atoms with E-state index in [2.05, 4.69) is 15.9 Å². The molecule has 2 nitrogen and oxygen atoms in total. The topological polar surface area (TPSA) is 26.9 Å². The molecular formula is C10H8BrNO. The number of rotatable bonds is 0. The van der Waals surface area contributed by atoms with Gasteiger partial charge in [0.2, 0.25) is 5.52 Å². The molecular weight excluding hydrogens is 230 g/mol. The lowest BCUT2D eigenvalue weighted by Gasteiger charge is -2.03. The van der Waals surface area contributed by atoms with Gasteiger partial charge in [0.15, 0.2) is 6.20 Å². The highest BCUT2D eigenvalue weighted by Gasteiger charge is 2.06. The van der Waals surface area contributed by atoms with Crippen LogP contribution in [0.1, 0.15) is 5.56 Å². The SMILES string of the molecule is Cc1ccc2c(c1)c(Br)cc[n+]2[O-]. The molecule has 2 aromatic rings. The fourth-order valence-electron chi connectivity index (χ4n) is 1.34. The predicted octanol–water partition coefficient (Wildman–Crippen LogP) is 2.54. The lowest BCUT2D eigenvalue weighted by Crippen LogP contribution is -2.25. The van der Waals surface area contributed by atoms with Gasteiger partial charge in [0.05, 0.1) is 5.39 Å². The summed E-state index contributed by atoms with van der Waals surface area (Å²) in [5.74, 6) is 0. The van der Waals surface area contributed by atoms with Crippen LogP contribution in [0.5, 0.6) is 0 Å². The van der Waals surface area contributed by atoms with E-state index >= 15 is 0 Å². The van der Waals surface area contributed by atoms with Crippen LogP contribution >= 0.6 is 15.9 Å². The van der Waals surface area contributed by atoms with Crippen molar-refractivity contribution < 1.29 is 4.73 Å². The van der Waals surface area contributed by atoms with Gasteiger partial charge >= 0.3 is 0 Å². The highest BCUT2D eigenvalue weighted by molar-refractivity contribution is 9.10. The molecule has 0 aliphatic heterocycles. The molecule has 0 N–H and O–H groups in total. The van der Waals surface area contributed by atoms with Crippen molar-refractivity contribution >= 4 is 26.8 Å². The van der Waals surface area contributed by atoms with E-state index in [9.17, 15) is 5.21 Å². The molecule has 2 rings (SSSR count). The number of fused-ring (bicyclic) bond motifs is 1. The highest BCUT2D eigenvalue weighted by atomic mass is 79.9. The zero-order valence-corrected chi connectivity index (χ0v) is 8.71. The van der Waals surface area contributed by atoms with Crippen LogP contribution in [0.25, 0.3) is 10.9 Å². The van der Waals surface area contributed by atoms with Gasteiger partial charge in [-0.1, -0.05) is 11.6 Å². The van der Waals surface area contributed by atoms with Crippen molar-refractivity contribution in [1.29, 1.82) is 0 Å². The maximum Gasteiger partial charge on any atom is 0.224 e. The summed E-state index contributed by atoms with van der Waals surface area (Å²) in [5, 5.41) is 12.3. The number of halogens is 1. The van der Waals surface area contributed by atoms with Crippen molar-refractivity contribution in [3.8, 4) is 0 Å². The second-order valence-corrected chi connectivity index (χ2v) is 3.86. The van der Waals surface area contributed by atoms with Gasteiger partial charge in [-0.15, -0.1) is 0 Å². The third kappa shape index (κ3) is 1.40. The number of hydrogen-bond acceptors (Lipinski definition) is 1. The average molecular weight is 238 g/mol.